The number of carbonyl (C=O) groups excluding carboxylic acids is 1. The van der Waals surface area contributed by atoms with Gasteiger partial charge in [0.05, 0.1) is 5.56 Å². The molecule has 0 aliphatic carbocycles. The van der Waals surface area contributed by atoms with Crippen LogP contribution in [0.3, 0.4) is 0 Å². The summed E-state index contributed by atoms with van der Waals surface area (Å²) in [6, 6.07) is 8.87. The Morgan fingerprint density at radius 1 is 1.25 bits per heavy atom. The van der Waals surface area contributed by atoms with Gasteiger partial charge in [0, 0.05) is 30.9 Å². The molecule has 0 spiro atoms. The highest BCUT2D eigenvalue weighted by Crippen LogP contribution is 2.27. The fourth-order valence-corrected chi connectivity index (χ4v) is 3.17. The number of hydrogen-bond donors (Lipinski definition) is 1. The van der Waals surface area contributed by atoms with Gasteiger partial charge in [-0.25, -0.2) is 4.79 Å². The van der Waals surface area contributed by atoms with Gasteiger partial charge < -0.3 is 10.0 Å². The number of nitrogens with zero attached hydrogens (tertiary/aromatic N) is 3. The molecular formula is C18H21N3O3. The largest absolute Gasteiger partial charge is 0.478 e. The zero-order valence-corrected chi connectivity index (χ0v) is 13.7. The lowest BCUT2D eigenvalue weighted by molar-refractivity contribution is -0.133. The summed E-state index contributed by atoms with van der Waals surface area (Å²) >= 11 is 0. The molecule has 1 N–H and O–H groups in total. The van der Waals surface area contributed by atoms with Gasteiger partial charge in [-0.1, -0.05) is 12.1 Å². The zero-order valence-electron chi connectivity index (χ0n) is 13.7. The molecule has 0 bridgehead atoms. The lowest BCUT2D eigenvalue weighted by Gasteiger charge is -2.33. The van der Waals surface area contributed by atoms with Crippen LogP contribution in [0, 0.1) is 6.92 Å². The zero-order chi connectivity index (χ0) is 17.1. The highest BCUT2D eigenvalue weighted by atomic mass is 16.4. The van der Waals surface area contributed by atoms with E-state index in [1.165, 1.54) is 0 Å². The molecular weight excluding hydrogens is 306 g/mol. The maximum Gasteiger partial charge on any atom is 0.335 e. The van der Waals surface area contributed by atoms with Gasteiger partial charge in [-0.15, -0.1) is 0 Å². The third-order valence-electron chi connectivity index (χ3n) is 4.62. The number of piperidine rings is 1. The van der Waals surface area contributed by atoms with Crippen molar-refractivity contribution in [2.75, 3.05) is 13.1 Å². The first kappa shape index (κ1) is 16.2. The molecule has 1 fully saturated rings. The molecule has 1 aromatic heterocycles. The van der Waals surface area contributed by atoms with Crippen molar-refractivity contribution >= 4 is 11.9 Å². The standard InChI is InChI=1S/C18H21N3O3/c1-13-8-9-19-21(13)12-17(22)20-10-2-3-16(11-20)14-4-6-15(7-5-14)18(23)24/h4-9,16H,2-3,10-12H2,1H3,(H,23,24)/t16-/m0/s1. The highest BCUT2D eigenvalue weighted by Gasteiger charge is 2.25. The van der Waals surface area contributed by atoms with Gasteiger partial charge >= 0.3 is 5.97 Å². The predicted molar refractivity (Wildman–Crippen MR) is 88.9 cm³/mol. The van der Waals surface area contributed by atoms with Crippen LogP contribution < -0.4 is 0 Å². The third kappa shape index (κ3) is 3.48. The second-order valence-electron chi connectivity index (χ2n) is 6.24. The van der Waals surface area contributed by atoms with E-state index in [0.29, 0.717) is 6.54 Å². The molecule has 1 amide bonds. The van der Waals surface area contributed by atoms with E-state index in [1.807, 2.05) is 30.0 Å². The van der Waals surface area contributed by atoms with E-state index in [0.717, 1.165) is 30.6 Å². The van der Waals surface area contributed by atoms with Crippen LogP contribution in [0.25, 0.3) is 0 Å². The van der Waals surface area contributed by atoms with Gasteiger partial charge in [-0.2, -0.15) is 5.10 Å². The Hall–Kier alpha value is -2.63. The van der Waals surface area contributed by atoms with Crippen molar-refractivity contribution in [3.8, 4) is 0 Å². The molecule has 126 valence electrons. The van der Waals surface area contributed by atoms with Crippen LogP contribution in [0.2, 0.25) is 0 Å². The molecule has 1 aliphatic heterocycles. The molecule has 0 saturated carbocycles. The summed E-state index contributed by atoms with van der Waals surface area (Å²) in [6.45, 7) is 3.64. The van der Waals surface area contributed by atoms with Crippen LogP contribution in [0.5, 0.6) is 0 Å². The van der Waals surface area contributed by atoms with Gasteiger partial charge in [-0.3, -0.25) is 9.48 Å². The first-order chi connectivity index (χ1) is 11.5. The van der Waals surface area contributed by atoms with Gasteiger partial charge in [0.2, 0.25) is 5.91 Å². The maximum atomic E-state index is 12.5. The van der Waals surface area contributed by atoms with Gasteiger partial charge in [0.25, 0.3) is 0 Å². The van der Waals surface area contributed by atoms with E-state index >= 15 is 0 Å². The Labute approximate surface area is 140 Å². The molecule has 1 aliphatic rings. The Kier molecular flexibility index (Phi) is 4.64. The van der Waals surface area contributed by atoms with E-state index in [2.05, 4.69) is 5.10 Å². The van der Waals surface area contributed by atoms with Crippen LogP contribution in [-0.2, 0) is 11.3 Å². The topological polar surface area (TPSA) is 75.4 Å². The third-order valence-corrected chi connectivity index (χ3v) is 4.62. The normalized spacial score (nSPS) is 17.7. The van der Waals surface area contributed by atoms with Crippen LogP contribution in [0.4, 0.5) is 0 Å². The summed E-state index contributed by atoms with van der Waals surface area (Å²) in [5, 5.41) is 13.2. The molecule has 1 atom stereocenters. The molecule has 0 unspecified atom stereocenters. The van der Waals surface area contributed by atoms with Crippen molar-refractivity contribution in [3.05, 3.63) is 53.3 Å². The molecule has 6 heteroatoms. The number of aromatic carboxylic acids is 1. The lowest BCUT2D eigenvalue weighted by atomic mass is 9.90. The number of benzene rings is 1. The Balaban J connectivity index is 1.66. The molecule has 1 aromatic carbocycles. The van der Waals surface area contributed by atoms with Crippen molar-refractivity contribution in [1.82, 2.24) is 14.7 Å². The summed E-state index contributed by atoms with van der Waals surface area (Å²) in [6.07, 6.45) is 3.66. The smallest absolute Gasteiger partial charge is 0.335 e. The van der Waals surface area contributed by atoms with Crippen LogP contribution in [0.15, 0.2) is 36.5 Å². The summed E-state index contributed by atoms with van der Waals surface area (Å²) in [4.78, 5) is 25.4. The summed E-state index contributed by atoms with van der Waals surface area (Å²) in [7, 11) is 0. The number of aromatic nitrogens is 2. The van der Waals surface area contributed by atoms with Gasteiger partial charge in [-0.05, 0) is 43.5 Å². The van der Waals surface area contributed by atoms with Gasteiger partial charge in [0.1, 0.15) is 6.54 Å². The maximum absolute atomic E-state index is 12.5. The Bertz CT molecular complexity index is 736. The van der Waals surface area contributed by atoms with E-state index < -0.39 is 5.97 Å². The number of carboxylic acid groups (broad SMARTS) is 1. The molecule has 2 heterocycles. The van der Waals surface area contributed by atoms with Crippen LogP contribution >= 0.6 is 0 Å². The molecule has 6 nitrogen and oxygen atoms in total. The van der Waals surface area contributed by atoms with Crippen LogP contribution in [0.1, 0.15) is 40.4 Å². The molecule has 24 heavy (non-hydrogen) atoms. The molecule has 2 aromatic rings. The predicted octanol–water partition coefficient (Wildman–Crippen LogP) is 2.30. The number of carboxylic acids is 1. The minimum atomic E-state index is -0.920. The second-order valence-corrected chi connectivity index (χ2v) is 6.24. The fourth-order valence-electron chi connectivity index (χ4n) is 3.17. The quantitative estimate of drug-likeness (QED) is 0.935. The van der Waals surface area contributed by atoms with Crippen molar-refractivity contribution in [2.24, 2.45) is 0 Å². The first-order valence-electron chi connectivity index (χ1n) is 8.14. The van der Waals surface area contributed by atoms with Crippen molar-refractivity contribution in [3.63, 3.8) is 0 Å². The van der Waals surface area contributed by atoms with E-state index in [-0.39, 0.29) is 23.9 Å². The number of carbonyl (C=O) groups is 2. The average molecular weight is 327 g/mol. The van der Waals surface area contributed by atoms with Crippen molar-refractivity contribution in [1.29, 1.82) is 0 Å². The SMILES string of the molecule is Cc1ccnn1CC(=O)N1CCC[C@H](c2ccc(C(=O)O)cc2)C1. The Morgan fingerprint density at radius 2 is 2.00 bits per heavy atom. The summed E-state index contributed by atoms with van der Waals surface area (Å²) in [5.41, 5.74) is 2.35. The monoisotopic (exact) mass is 327 g/mol. The Morgan fingerprint density at radius 3 is 2.62 bits per heavy atom. The molecule has 1 saturated heterocycles. The highest BCUT2D eigenvalue weighted by molar-refractivity contribution is 5.87. The summed E-state index contributed by atoms with van der Waals surface area (Å²) in [5.74, 6) is -0.588. The minimum absolute atomic E-state index is 0.0775. The number of hydrogen-bond acceptors (Lipinski definition) is 3. The number of aryl methyl sites for hydroxylation is 1. The van der Waals surface area contributed by atoms with Crippen LogP contribution in [-0.4, -0.2) is 44.8 Å². The fraction of sp³-hybridized carbons (Fsp3) is 0.389. The molecule has 0 radical (unpaired) electrons. The number of amides is 1. The van der Waals surface area contributed by atoms with E-state index in [4.69, 9.17) is 5.11 Å². The van der Waals surface area contributed by atoms with Crippen molar-refractivity contribution < 1.29 is 14.7 Å². The number of rotatable bonds is 4. The summed E-state index contributed by atoms with van der Waals surface area (Å²) < 4.78 is 1.72. The minimum Gasteiger partial charge on any atom is -0.478 e. The molecule has 3 rings (SSSR count). The first-order valence-corrected chi connectivity index (χ1v) is 8.14. The van der Waals surface area contributed by atoms with Crippen molar-refractivity contribution in [2.45, 2.75) is 32.2 Å². The van der Waals surface area contributed by atoms with E-state index in [9.17, 15) is 9.59 Å². The van der Waals surface area contributed by atoms with E-state index in [1.54, 1.807) is 23.0 Å². The lowest BCUT2D eigenvalue weighted by Crippen LogP contribution is -2.41. The number of likely N-dealkylation sites (tertiary alicyclic amines) is 1. The van der Waals surface area contributed by atoms with Gasteiger partial charge in [0.15, 0.2) is 0 Å². The second kappa shape index (κ2) is 6.86. The average Bonchev–Trinajstić information content (AvgIpc) is 3.00.